The van der Waals surface area contributed by atoms with Gasteiger partial charge in [0, 0.05) is 38.4 Å². The number of likely N-dealkylation sites (tertiary alicyclic amines) is 1. The van der Waals surface area contributed by atoms with E-state index in [1.807, 2.05) is 19.9 Å². The number of hydrogen-bond donors (Lipinski definition) is 2. The van der Waals surface area contributed by atoms with Crippen LogP contribution in [0.5, 0.6) is 0 Å². The highest BCUT2D eigenvalue weighted by molar-refractivity contribution is 5.89. The van der Waals surface area contributed by atoms with Gasteiger partial charge in [0.15, 0.2) is 5.65 Å². The molecule has 2 aromatic rings. The highest BCUT2D eigenvalue weighted by Gasteiger charge is 2.25. The molecule has 1 aliphatic heterocycles. The molecule has 3 N–H and O–H groups in total. The fraction of sp³-hybridized carbons (Fsp3) is 0.588. The fourth-order valence-electron chi connectivity index (χ4n) is 3.29. The van der Waals surface area contributed by atoms with Crippen molar-refractivity contribution in [1.29, 1.82) is 0 Å². The number of methoxy groups -OCH3 is 1. The number of aromatic nitrogens is 3. The lowest BCUT2D eigenvalue weighted by Gasteiger charge is -2.38. The van der Waals surface area contributed by atoms with Crippen LogP contribution in [0.25, 0.3) is 11.0 Å². The summed E-state index contributed by atoms with van der Waals surface area (Å²) in [6.07, 6.45) is 1.04. The van der Waals surface area contributed by atoms with Crippen molar-refractivity contribution < 1.29 is 4.74 Å². The van der Waals surface area contributed by atoms with Gasteiger partial charge in [-0.2, -0.15) is 9.97 Å². The lowest BCUT2D eigenvalue weighted by molar-refractivity contribution is 0.0344. The average molecular weight is 330 g/mol. The van der Waals surface area contributed by atoms with Crippen molar-refractivity contribution in [3.8, 4) is 0 Å². The zero-order chi connectivity index (χ0) is 17.1. The number of ether oxygens (including phenoxy) is 1. The van der Waals surface area contributed by atoms with Crippen molar-refractivity contribution in [3.63, 3.8) is 0 Å². The van der Waals surface area contributed by atoms with Crippen molar-refractivity contribution in [2.75, 3.05) is 50.9 Å². The Kier molecular flexibility index (Phi) is 5.11. The highest BCUT2D eigenvalue weighted by Crippen LogP contribution is 2.22. The summed E-state index contributed by atoms with van der Waals surface area (Å²) in [6.45, 7) is 9.00. The molecule has 1 fully saturated rings. The number of nitrogens with one attached hydrogen (secondary N) is 1. The Labute approximate surface area is 142 Å². The van der Waals surface area contributed by atoms with Gasteiger partial charge in [-0.3, -0.25) is 0 Å². The minimum absolute atomic E-state index is 0.484. The van der Waals surface area contributed by atoms with Gasteiger partial charge in [-0.05, 0) is 38.4 Å². The summed E-state index contributed by atoms with van der Waals surface area (Å²) in [4.78, 5) is 15.8. The van der Waals surface area contributed by atoms with Gasteiger partial charge in [0.05, 0.1) is 12.0 Å². The van der Waals surface area contributed by atoms with Crippen LogP contribution in [0.15, 0.2) is 6.07 Å². The van der Waals surface area contributed by atoms with E-state index >= 15 is 0 Å². The van der Waals surface area contributed by atoms with Gasteiger partial charge < -0.3 is 20.7 Å². The SMILES string of the molecule is COCC1CN(CCCNc2nc(N)c3c(C)cc(C)nc3n2)C1. The number of anilines is 2. The van der Waals surface area contributed by atoms with Crippen LogP contribution < -0.4 is 11.1 Å². The molecule has 24 heavy (non-hydrogen) atoms. The van der Waals surface area contributed by atoms with Gasteiger partial charge in [0.1, 0.15) is 5.82 Å². The highest BCUT2D eigenvalue weighted by atomic mass is 16.5. The molecule has 7 nitrogen and oxygen atoms in total. The normalized spacial score (nSPS) is 15.6. The minimum Gasteiger partial charge on any atom is -0.384 e. The largest absolute Gasteiger partial charge is 0.384 e. The van der Waals surface area contributed by atoms with E-state index in [9.17, 15) is 0 Å². The maximum Gasteiger partial charge on any atom is 0.226 e. The first-order valence-corrected chi connectivity index (χ1v) is 8.43. The molecule has 2 aromatic heterocycles. The van der Waals surface area contributed by atoms with Crippen LogP contribution in [-0.4, -0.2) is 59.7 Å². The third-order valence-electron chi connectivity index (χ3n) is 4.39. The Balaban J connectivity index is 1.53. The number of nitrogens with zero attached hydrogens (tertiary/aromatic N) is 4. The molecule has 0 amide bonds. The van der Waals surface area contributed by atoms with Crippen molar-refractivity contribution in [2.24, 2.45) is 5.92 Å². The first-order valence-electron chi connectivity index (χ1n) is 8.43. The van der Waals surface area contributed by atoms with Crippen molar-refractivity contribution in [1.82, 2.24) is 19.9 Å². The van der Waals surface area contributed by atoms with E-state index in [0.717, 1.165) is 55.9 Å². The van der Waals surface area contributed by atoms with E-state index in [4.69, 9.17) is 10.5 Å². The minimum atomic E-state index is 0.484. The number of nitrogens with two attached hydrogens (primary N) is 1. The van der Waals surface area contributed by atoms with Crippen LogP contribution in [0.3, 0.4) is 0 Å². The fourth-order valence-corrected chi connectivity index (χ4v) is 3.29. The first kappa shape index (κ1) is 16.9. The van der Waals surface area contributed by atoms with E-state index < -0.39 is 0 Å². The number of fused-ring (bicyclic) bond motifs is 1. The van der Waals surface area contributed by atoms with Crippen LogP contribution in [-0.2, 0) is 4.74 Å². The topological polar surface area (TPSA) is 89.2 Å². The maximum atomic E-state index is 6.08. The molecule has 0 unspecified atom stereocenters. The Hall–Kier alpha value is -1.99. The molecule has 0 spiro atoms. The molecule has 1 saturated heterocycles. The summed E-state index contributed by atoms with van der Waals surface area (Å²) in [7, 11) is 1.76. The van der Waals surface area contributed by atoms with Crippen LogP contribution in [0.1, 0.15) is 17.7 Å². The quantitative estimate of drug-likeness (QED) is 0.745. The monoisotopic (exact) mass is 330 g/mol. The number of rotatable bonds is 7. The molecule has 130 valence electrons. The van der Waals surface area contributed by atoms with Gasteiger partial charge in [-0.25, -0.2) is 4.98 Å². The average Bonchev–Trinajstić information content (AvgIpc) is 2.47. The predicted octanol–water partition coefficient (Wildman–Crippen LogP) is 1.60. The smallest absolute Gasteiger partial charge is 0.226 e. The number of hydrogen-bond acceptors (Lipinski definition) is 7. The molecule has 7 heteroatoms. The molecular weight excluding hydrogens is 304 g/mol. The molecule has 0 saturated carbocycles. The summed E-state index contributed by atoms with van der Waals surface area (Å²) in [6, 6.07) is 2.00. The van der Waals surface area contributed by atoms with Crippen LogP contribution in [0, 0.1) is 19.8 Å². The van der Waals surface area contributed by atoms with Crippen molar-refractivity contribution in [3.05, 3.63) is 17.3 Å². The molecule has 3 rings (SSSR count). The van der Waals surface area contributed by atoms with E-state index in [1.165, 1.54) is 0 Å². The van der Waals surface area contributed by atoms with Crippen LogP contribution in [0.2, 0.25) is 0 Å². The third kappa shape index (κ3) is 3.73. The summed E-state index contributed by atoms with van der Waals surface area (Å²) < 4.78 is 5.17. The standard InChI is InChI=1S/C17H26N6O/c1-11-7-12(2)20-16-14(11)15(18)21-17(22-16)19-5-4-6-23-8-13(9-23)10-24-3/h7,13H,4-6,8-10H2,1-3H3,(H3,18,19,20,21,22). The van der Waals surface area contributed by atoms with E-state index in [-0.39, 0.29) is 0 Å². The van der Waals surface area contributed by atoms with Crippen molar-refractivity contribution in [2.45, 2.75) is 20.3 Å². The Bertz CT molecular complexity index is 714. The summed E-state index contributed by atoms with van der Waals surface area (Å²) in [5.74, 6) is 1.74. The number of nitrogen functional groups attached to an aromatic ring is 1. The third-order valence-corrected chi connectivity index (χ3v) is 4.39. The molecular formula is C17H26N6O. The lowest BCUT2D eigenvalue weighted by atomic mass is 10.0. The van der Waals surface area contributed by atoms with Crippen LogP contribution in [0.4, 0.5) is 11.8 Å². The Morgan fingerprint density at radius 1 is 1.29 bits per heavy atom. The van der Waals surface area contributed by atoms with Gasteiger partial charge in [-0.1, -0.05) is 0 Å². The Morgan fingerprint density at radius 2 is 2.08 bits per heavy atom. The molecule has 0 bridgehead atoms. The van der Waals surface area contributed by atoms with E-state index in [2.05, 4.69) is 25.2 Å². The predicted molar refractivity (Wildman–Crippen MR) is 96.1 cm³/mol. The second-order valence-corrected chi connectivity index (χ2v) is 6.57. The maximum absolute atomic E-state index is 6.08. The van der Waals surface area contributed by atoms with Gasteiger partial charge >= 0.3 is 0 Å². The molecule has 3 heterocycles. The molecule has 1 aliphatic rings. The summed E-state index contributed by atoms with van der Waals surface area (Å²) in [5.41, 5.74) is 8.74. The number of pyridine rings is 1. The van der Waals surface area contributed by atoms with Gasteiger partial charge in [0.2, 0.25) is 5.95 Å². The van der Waals surface area contributed by atoms with Crippen LogP contribution >= 0.6 is 0 Å². The lowest BCUT2D eigenvalue weighted by Crippen LogP contribution is -2.49. The van der Waals surface area contributed by atoms with E-state index in [0.29, 0.717) is 23.3 Å². The molecule has 0 radical (unpaired) electrons. The summed E-state index contributed by atoms with van der Waals surface area (Å²) >= 11 is 0. The van der Waals surface area contributed by atoms with E-state index in [1.54, 1.807) is 7.11 Å². The Morgan fingerprint density at radius 3 is 2.83 bits per heavy atom. The zero-order valence-electron chi connectivity index (χ0n) is 14.7. The van der Waals surface area contributed by atoms with Gasteiger partial charge in [-0.15, -0.1) is 0 Å². The summed E-state index contributed by atoms with van der Waals surface area (Å²) in [5, 5.41) is 4.11. The second-order valence-electron chi connectivity index (χ2n) is 6.57. The molecule has 0 aliphatic carbocycles. The zero-order valence-corrected chi connectivity index (χ0v) is 14.7. The molecule has 0 aromatic carbocycles. The number of aryl methyl sites for hydroxylation is 2. The molecule has 0 atom stereocenters. The van der Waals surface area contributed by atoms with Crippen molar-refractivity contribution >= 4 is 22.8 Å². The first-order chi connectivity index (χ1) is 11.6. The second kappa shape index (κ2) is 7.27. The van der Waals surface area contributed by atoms with Gasteiger partial charge in [0.25, 0.3) is 0 Å².